The first-order valence-electron chi connectivity index (χ1n) is 7.72. The monoisotopic (exact) mass is 308 g/mol. The molecule has 5 heteroatoms. The van der Waals surface area contributed by atoms with Crippen LogP contribution in [0.5, 0.6) is 0 Å². The zero-order valence-electron chi connectivity index (χ0n) is 13.1. The Labute approximate surface area is 127 Å². The van der Waals surface area contributed by atoms with Gasteiger partial charge < -0.3 is 14.2 Å². The Morgan fingerprint density at radius 3 is 1.74 bits per heavy atom. The number of ether oxygens (including phenoxy) is 3. The fraction of sp³-hybridized carbons (Fsp3) is 1.00. The molecule has 0 spiro atoms. The lowest BCUT2D eigenvalue weighted by atomic mass is 10.3. The molecule has 1 unspecified atom stereocenters. The average molecular weight is 309 g/mol. The van der Waals surface area contributed by atoms with Gasteiger partial charge >= 0.3 is 0 Å². The van der Waals surface area contributed by atoms with Gasteiger partial charge in [-0.2, -0.15) is 0 Å². The van der Waals surface area contributed by atoms with Crippen LogP contribution in [-0.2, 0) is 14.2 Å². The molecular weight excluding hydrogens is 276 g/mol. The quantitative estimate of drug-likeness (QED) is 0.245. The van der Waals surface area contributed by atoms with Crippen LogP contribution in [0.1, 0.15) is 59.3 Å². The van der Waals surface area contributed by atoms with Crippen LogP contribution in [0.2, 0.25) is 0 Å². The average Bonchev–Trinajstić information content (AvgIpc) is 2.39. The van der Waals surface area contributed by atoms with E-state index in [1.165, 1.54) is 0 Å². The minimum Gasteiger partial charge on any atom is -0.376 e. The van der Waals surface area contributed by atoms with Crippen molar-refractivity contribution in [3.05, 3.63) is 0 Å². The number of hydrogen-bond acceptors (Lipinski definition) is 4. The molecule has 0 amide bonds. The second kappa shape index (κ2) is 12.2. The Kier molecular flexibility index (Phi) is 12.5. The third kappa shape index (κ3) is 9.08. The Morgan fingerprint density at radius 1 is 0.895 bits per heavy atom. The molecule has 0 saturated heterocycles. The zero-order valence-corrected chi connectivity index (χ0v) is 16.0. The van der Waals surface area contributed by atoms with Crippen molar-refractivity contribution in [2.24, 2.45) is 0 Å². The fourth-order valence-electron chi connectivity index (χ4n) is 1.51. The predicted molar refractivity (Wildman–Crippen MR) is 88.0 cm³/mol. The van der Waals surface area contributed by atoms with Gasteiger partial charge in [-0.05, 0) is 19.3 Å². The molecule has 0 rings (SSSR count). The number of hydrogen-bond donors (Lipinski definition) is 1. The first kappa shape index (κ1) is 19.4. The SMILES string of the molecule is CCCCOC([SiH3])C(S)(OCCCC)OCCCC. The molecule has 116 valence electrons. The molecule has 0 radical (unpaired) electrons. The maximum Gasteiger partial charge on any atom is 0.238 e. The summed E-state index contributed by atoms with van der Waals surface area (Å²) in [6.45, 7) is 8.59. The molecule has 0 N–H and O–H groups in total. The van der Waals surface area contributed by atoms with E-state index in [9.17, 15) is 0 Å². The number of unbranched alkanes of at least 4 members (excludes halogenated alkanes) is 3. The lowest BCUT2D eigenvalue weighted by molar-refractivity contribution is -0.212. The van der Waals surface area contributed by atoms with Gasteiger partial charge in [0.1, 0.15) is 5.73 Å². The summed E-state index contributed by atoms with van der Waals surface area (Å²) >= 11 is 4.63. The normalized spacial score (nSPS) is 13.9. The molecular formula is C14H32O3SSi. The summed E-state index contributed by atoms with van der Waals surface area (Å²) in [7, 11) is 0.852. The molecule has 3 nitrogen and oxygen atoms in total. The molecule has 0 aromatic carbocycles. The Balaban J connectivity index is 4.26. The maximum absolute atomic E-state index is 5.86. The highest BCUT2D eigenvalue weighted by atomic mass is 32.1. The predicted octanol–water partition coefficient (Wildman–Crippen LogP) is 2.71. The van der Waals surface area contributed by atoms with E-state index in [0.717, 1.165) is 55.4 Å². The number of thiol groups is 1. The van der Waals surface area contributed by atoms with Crippen molar-refractivity contribution in [1.82, 2.24) is 0 Å². The van der Waals surface area contributed by atoms with Crippen LogP contribution < -0.4 is 0 Å². The molecule has 0 aliphatic rings. The van der Waals surface area contributed by atoms with Crippen molar-refractivity contribution in [1.29, 1.82) is 0 Å². The minimum atomic E-state index is -0.857. The molecule has 0 saturated carbocycles. The topological polar surface area (TPSA) is 27.7 Å². The molecule has 0 bridgehead atoms. The summed E-state index contributed by atoms with van der Waals surface area (Å²) in [6.07, 6.45) is 6.50. The minimum absolute atomic E-state index is 0.0314. The van der Waals surface area contributed by atoms with Crippen LogP contribution in [0.3, 0.4) is 0 Å². The van der Waals surface area contributed by atoms with Gasteiger partial charge in [-0.15, -0.1) is 12.6 Å². The van der Waals surface area contributed by atoms with Crippen LogP contribution >= 0.6 is 12.6 Å². The van der Waals surface area contributed by atoms with E-state index in [-0.39, 0.29) is 5.73 Å². The van der Waals surface area contributed by atoms with Gasteiger partial charge in [-0.25, -0.2) is 0 Å². The lowest BCUT2D eigenvalue weighted by Crippen LogP contribution is -2.45. The summed E-state index contributed by atoms with van der Waals surface area (Å²) in [5.41, 5.74) is -0.0314. The van der Waals surface area contributed by atoms with E-state index in [1.807, 2.05) is 0 Å². The molecule has 0 aromatic rings. The molecule has 0 aromatic heterocycles. The van der Waals surface area contributed by atoms with Crippen LogP contribution in [0.4, 0.5) is 0 Å². The summed E-state index contributed by atoms with van der Waals surface area (Å²) < 4.78 is 17.6. The van der Waals surface area contributed by atoms with E-state index >= 15 is 0 Å². The molecule has 19 heavy (non-hydrogen) atoms. The molecule has 0 fully saturated rings. The van der Waals surface area contributed by atoms with E-state index in [1.54, 1.807) is 0 Å². The standard InChI is InChI=1S/C14H32O3SSi/c1-4-7-10-15-13(19)14(18,16-11-8-5-2)17-12-9-6-3/h13,18H,4-12H2,1-3,19H3. The van der Waals surface area contributed by atoms with Gasteiger partial charge in [-0.1, -0.05) is 40.0 Å². The molecule has 1 atom stereocenters. The second-order valence-corrected chi connectivity index (χ2v) is 6.57. The van der Waals surface area contributed by atoms with Crippen molar-refractivity contribution in [3.8, 4) is 0 Å². The van der Waals surface area contributed by atoms with E-state index < -0.39 is 5.12 Å². The van der Waals surface area contributed by atoms with Gasteiger partial charge in [-0.3, -0.25) is 0 Å². The lowest BCUT2D eigenvalue weighted by Gasteiger charge is -2.34. The summed E-state index contributed by atoms with van der Waals surface area (Å²) in [5, 5.41) is -0.857. The Morgan fingerprint density at radius 2 is 1.32 bits per heavy atom. The Hall–Kier alpha value is 0.447. The summed E-state index contributed by atoms with van der Waals surface area (Å²) in [4.78, 5) is 0. The van der Waals surface area contributed by atoms with Gasteiger partial charge in [0, 0.05) is 16.8 Å². The van der Waals surface area contributed by atoms with Gasteiger partial charge in [0.2, 0.25) is 5.12 Å². The fourth-order valence-corrected chi connectivity index (χ4v) is 2.34. The van der Waals surface area contributed by atoms with E-state index in [4.69, 9.17) is 14.2 Å². The molecule has 0 aliphatic heterocycles. The van der Waals surface area contributed by atoms with Gasteiger partial charge in [0.25, 0.3) is 0 Å². The molecule has 0 heterocycles. The van der Waals surface area contributed by atoms with Crippen LogP contribution in [0.15, 0.2) is 0 Å². The number of rotatable bonds is 13. The third-order valence-electron chi connectivity index (χ3n) is 2.99. The van der Waals surface area contributed by atoms with Crippen LogP contribution in [-0.4, -0.2) is 40.9 Å². The summed E-state index contributed by atoms with van der Waals surface area (Å²) in [6, 6.07) is 0. The van der Waals surface area contributed by atoms with Crippen LogP contribution in [0, 0.1) is 0 Å². The third-order valence-corrected chi connectivity index (χ3v) is 5.19. The van der Waals surface area contributed by atoms with Crippen molar-refractivity contribution < 1.29 is 14.2 Å². The van der Waals surface area contributed by atoms with Crippen molar-refractivity contribution in [2.45, 2.75) is 70.1 Å². The van der Waals surface area contributed by atoms with E-state index in [0.29, 0.717) is 13.2 Å². The maximum atomic E-state index is 5.86. The van der Waals surface area contributed by atoms with E-state index in [2.05, 4.69) is 33.4 Å². The highest BCUT2D eigenvalue weighted by Gasteiger charge is 2.35. The highest BCUT2D eigenvalue weighted by molar-refractivity contribution is 7.81. The summed E-state index contributed by atoms with van der Waals surface area (Å²) in [5.74, 6) is 0. The van der Waals surface area contributed by atoms with Crippen molar-refractivity contribution in [3.63, 3.8) is 0 Å². The van der Waals surface area contributed by atoms with Crippen molar-refractivity contribution >= 4 is 22.9 Å². The largest absolute Gasteiger partial charge is 0.376 e. The smallest absolute Gasteiger partial charge is 0.238 e. The second-order valence-electron chi connectivity index (χ2n) is 4.90. The first-order chi connectivity index (χ1) is 9.10. The van der Waals surface area contributed by atoms with Crippen LogP contribution in [0.25, 0.3) is 0 Å². The van der Waals surface area contributed by atoms with Gasteiger partial charge in [0.15, 0.2) is 0 Å². The zero-order chi connectivity index (χ0) is 14.6. The highest BCUT2D eigenvalue weighted by Crippen LogP contribution is 2.25. The van der Waals surface area contributed by atoms with Crippen molar-refractivity contribution in [2.75, 3.05) is 19.8 Å². The van der Waals surface area contributed by atoms with Gasteiger partial charge in [0.05, 0.1) is 13.2 Å². The molecule has 0 aliphatic carbocycles. The Bertz CT molecular complexity index is 195. The first-order valence-corrected chi connectivity index (χ1v) is 9.32.